The number of hydrogen-bond donors (Lipinski definition) is 2. The van der Waals surface area contributed by atoms with E-state index in [2.05, 4.69) is 5.32 Å². The first kappa shape index (κ1) is 14.4. The monoisotopic (exact) mass is 290 g/mol. The first-order valence-corrected chi connectivity index (χ1v) is 8.01. The van der Waals surface area contributed by atoms with Gasteiger partial charge in [-0.3, -0.25) is 0 Å². The highest BCUT2D eigenvalue weighted by Gasteiger charge is 2.13. The standard InChI is InChI=1S/C15H18N2O2S/c1-12-2-6-14(7-3-12)17-10-11-20(18,19)15-8-4-13(16)5-9-15/h2-9,17H,10-11,16H2,1H3. The van der Waals surface area contributed by atoms with E-state index in [-0.39, 0.29) is 5.75 Å². The maximum Gasteiger partial charge on any atom is 0.180 e. The van der Waals surface area contributed by atoms with Gasteiger partial charge in [-0.25, -0.2) is 8.42 Å². The van der Waals surface area contributed by atoms with E-state index >= 15 is 0 Å². The highest BCUT2D eigenvalue weighted by Crippen LogP contribution is 2.14. The predicted molar refractivity (Wildman–Crippen MR) is 82.6 cm³/mol. The predicted octanol–water partition coefficient (Wildman–Crippen LogP) is 2.46. The Morgan fingerprint density at radius 3 is 2.20 bits per heavy atom. The molecule has 0 fully saturated rings. The number of nitrogens with one attached hydrogen (secondary N) is 1. The summed E-state index contributed by atoms with van der Waals surface area (Å²) in [6, 6.07) is 14.1. The Morgan fingerprint density at radius 2 is 1.60 bits per heavy atom. The number of nitrogen functional groups attached to an aromatic ring is 1. The maximum absolute atomic E-state index is 12.1. The van der Waals surface area contributed by atoms with Crippen molar-refractivity contribution in [3.05, 3.63) is 54.1 Å². The molecule has 2 rings (SSSR count). The molecule has 0 aromatic heterocycles. The first-order chi connectivity index (χ1) is 9.47. The van der Waals surface area contributed by atoms with Gasteiger partial charge in [0.25, 0.3) is 0 Å². The first-order valence-electron chi connectivity index (χ1n) is 6.36. The molecule has 0 saturated carbocycles. The molecule has 0 saturated heterocycles. The van der Waals surface area contributed by atoms with E-state index in [1.165, 1.54) is 17.7 Å². The van der Waals surface area contributed by atoms with Crippen molar-refractivity contribution in [2.45, 2.75) is 11.8 Å². The molecule has 106 valence electrons. The van der Waals surface area contributed by atoms with Crippen LogP contribution in [0.4, 0.5) is 11.4 Å². The Hall–Kier alpha value is -2.01. The van der Waals surface area contributed by atoms with Crippen molar-refractivity contribution in [2.24, 2.45) is 0 Å². The van der Waals surface area contributed by atoms with Gasteiger partial charge in [-0.05, 0) is 43.3 Å². The second kappa shape index (κ2) is 5.96. The van der Waals surface area contributed by atoms with Crippen LogP contribution in [0.1, 0.15) is 5.56 Å². The third-order valence-electron chi connectivity index (χ3n) is 2.99. The van der Waals surface area contributed by atoms with Gasteiger partial charge >= 0.3 is 0 Å². The molecule has 0 unspecified atom stereocenters. The molecule has 2 aromatic rings. The molecular weight excluding hydrogens is 272 g/mol. The van der Waals surface area contributed by atoms with Crippen LogP contribution in [0.5, 0.6) is 0 Å². The summed E-state index contributed by atoms with van der Waals surface area (Å²) in [7, 11) is -3.27. The lowest BCUT2D eigenvalue weighted by Gasteiger charge is -2.08. The van der Waals surface area contributed by atoms with Crippen LogP contribution in [0.2, 0.25) is 0 Å². The molecule has 0 atom stereocenters. The van der Waals surface area contributed by atoms with Crippen LogP contribution in [0.25, 0.3) is 0 Å². The van der Waals surface area contributed by atoms with E-state index in [0.29, 0.717) is 17.1 Å². The van der Waals surface area contributed by atoms with Gasteiger partial charge in [-0.15, -0.1) is 0 Å². The molecule has 3 N–H and O–H groups in total. The van der Waals surface area contributed by atoms with E-state index in [1.807, 2.05) is 31.2 Å². The van der Waals surface area contributed by atoms with Crippen molar-refractivity contribution >= 4 is 21.2 Å². The summed E-state index contributed by atoms with van der Waals surface area (Å²) >= 11 is 0. The fraction of sp³-hybridized carbons (Fsp3) is 0.200. The van der Waals surface area contributed by atoms with Crippen molar-refractivity contribution in [2.75, 3.05) is 23.3 Å². The van der Waals surface area contributed by atoms with Crippen LogP contribution < -0.4 is 11.1 Å². The largest absolute Gasteiger partial charge is 0.399 e. The zero-order valence-electron chi connectivity index (χ0n) is 11.3. The summed E-state index contributed by atoms with van der Waals surface area (Å²) in [5.41, 5.74) is 8.20. The number of rotatable bonds is 5. The van der Waals surface area contributed by atoms with Gasteiger partial charge in [-0.2, -0.15) is 0 Å². The molecule has 0 aliphatic heterocycles. The highest BCUT2D eigenvalue weighted by atomic mass is 32.2. The molecule has 0 aliphatic carbocycles. The van der Waals surface area contributed by atoms with E-state index in [1.54, 1.807) is 12.1 Å². The van der Waals surface area contributed by atoms with Crippen molar-refractivity contribution in [1.29, 1.82) is 0 Å². The molecule has 0 bridgehead atoms. The summed E-state index contributed by atoms with van der Waals surface area (Å²) < 4.78 is 24.2. The lowest BCUT2D eigenvalue weighted by Crippen LogP contribution is -2.15. The minimum absolute atomic E-state index is 0.0464. The number of sulfone groups is 1. The Bertz CT molecular complexity index is 662. The van der Waals surface area contributed by atoms with Crippen LogP contribution in [0.3, 0.4) is 0 Å². The Balaban J connectivity index is 1.96. The topological polar surface area (TPSA) is 72.2 Å². The number of benzene rings is 2. The summed E-state index contributed by atoms with van der Waals surface area (Å²) in [6.07, 6.45) is 0. The molecular formula is C15H18N2O2S. The van der Waals surface area contributed by atoms with Gasteiger partial charge in [0.2, 0.25) is 0 Å². The van der Waals surface area contributed by atoms with E-state index in [0.717, 1.165) is 5.69 Å². The minimum Gasteiger partial charge on any atom is -0.399 e. The molecule has 2 aromatic carbocycles. The van der Waals surface area contributed by atoms with Gasteiger partial charge in [0.05, 0.1) is 10.6 Å². The second-order valence-electron chi connectivity index (χ2n) is 4.68. The summed E-state index contributed by atoms with van der Waals surface area (Å²) in [6.45, 7) is 2.38. The summed E-state index contributed by atoms with van der Waals surface area (Å²) in [5, 5.41) is 3.11. The second-order valence-corrected chi connectivity index (χ2v) is 6.79. The molecule has 0 amide bonds. The van der Waals surface area contributed by atoms with E-state index in [4.69, 9.17) is 5.73 Å². The fourth-order valence-corrected chi connectivity index (χ4v) is 2.95. The molecule has 4 nitrogen and oxygen atoms in total. The van der Waals surface area contributed by atoms with Crippen LogP contribution >= 0.6 is 0 Å². The van der Waals surface area contributed by atoms with E-state index < -0.39 is 9.84 Å². The number of nitrogens with two attached hydrogens (primary N) is 1. The fourth-order valence-electron chi connectivity index (χ4n) is 1.79. The summed E-state index contributed by atoms with van der Waals surface area (Å²) in [4.78, 5) is 0.303. The SMILES string of the molecule is Cc1ccc(NCCS(=O)(=O)c2ccc(N)cc2)cc1. The van der Waals surface area contributed by atoms with Gasteiger partial charge in [-0.1, -0.05) is 17.7 Å². The van der Waals surface area contributed by atoms with Crippen LogP contribution in [0.15, 0.2) is 53.4 Å². The van der Waals surface area contributed by atoms with Gasteiger partial charge in [0.15, 0.2) is 9.84 Å². The zero-order valence-corrected chi connectivity index (χ0v) is 12.2. The smallest absolute Gasteiger partial charge is 0.180 e. The van der Waals surface area contributed by atoms with Crippen LogP contribution in [-0.4, -0.2) is 20.7 Å². The van der Waals surface area contributed by atoms with Crippen molar-refractivity contribution in [1.82, 2.24) is 0 Å². The average Bonchev–Trinajstić information content (AvgIpc) is 2.41. The number of anilines is 2. The van der Waals surface area contributed by atoms with Crippen LogP contribution in [0, 0.1) is 6.92 Å². The molecule has 0 spiro atoms. The Morgan fingerprint density at radius 1 is 1.00 bits per heavy atom. The van der Waals surface area contributed by atoms with Crippen molar-refractivity contribution in [3.63, 3.8) is 0 Å². The van der Waals surface area contributed by atoms with Crippen LogP contribution in [-0.2, 0) is 9.84 Å². The normalized spacial score (nSPS) is 11.2. The average molecular weight is 290 g/mol. The molecule has 0 radical (unpaired) electrons. The molecule has 0 heterocycles. The lowest BCUT2D eigenvalue weighted by atomic mass is 10.2. The third kappa shape index (κ3) is 3.74. The van der Waals surface area contributed by atoms with Gasteiger partial charge in [0.1, 0.15) is 0 Å². The Labute approximate surface area is 119 Å². The third-order valence-corrected chi connectivity index (χ3v) is 4.72. The number of hydrogen-bond acceptors (Lipinski definition) is 4. The Kier molecular flexibility index (Phi) is 4.29. The summed E-state index contributed by atoms with van der Waals surface area (Å²) in [5.74, 6) is 0.0464. The lowest BCUT2D eigenvalue weighted by molar-refractivity contribution is 0.596. The van der Waals surface area contributed by atoms with Gasteiger partial charge < -0.3 is 11.1 Å². The molecule has 5 heteroatoms. The molecule has 0 aliphatic rings. The number of aryl methyl sites for hydroxylation is 1. The van der Waals surface area contributed by atoms with Gasteiger partial charge in [0, 0.05) is 17.9 Å². The van der Waals surface area contributed by atoms with Crippen molar-refractivity contribution < 1.29 is 8.42 Å². The van der Waals surface area contributed by atoms with E-state index in [9.17, 15) is 8.42 Å². The maximum atomic E-state index is 12.1. The minimum atomic E-state index is -3.27. The molecule has 20 heavy (non-hydrogen) atoms. The van der Waals surface area contributed by atoms with Crippen molar-refractivity contribution in [3.8, 4) is 0 Å². The quantitative estimate of drug-likeness (QED) is 0.830. The zero-order chi connectivity index (χ0) is 14.6. The highest BCUT2D eigenvalue weighted by molar-refractivity contribution is 7.91.